The number of nitrogen functional groups attached to an aromatic ring is 1. The van der Waals surface area contributed by atoms with Crippen LogP contribution in [-0.4, -0.2) is 9.91 Å². The summed E-state index contributed by atoms with van der Waals surface area (Å²) < 4.78 is 0. The number of H-pyrrole nitrogens is 1. The number of benzene rings is 1. The largest absolute Gasteiger partial charge is 0.385 e. The van der Waals surface area contributed by atoms with Crippen LogP contribution in [-0.2, 0) is 0 Å². The van der Waals surface area contributed by atoms with Gasteiger partial charge in [0.1, 0.15) is 5.82 Å². The third kappa shape index (κ3) is 2.72. The number of aromatic amines is 1. The van der Waals surface area contributed by atoms with Crippen molar-refractivity contribution in [1.29, 1.82) is 0 Å². The van der Waals surface area contributed by atoms with E-state index in [4.69, 9.17) is 5.73 Å². The minimum Gasteiger partial charge on any atom is -0.385 e. The van der Waals surface area contributed by atoms with Crippen LogP contribution in [0.1, 0.15) is 11.3 Å². The fourth-order valence-electron chi connectivity index (χ4n) is 1.42. The second-order valence-electron chi connectivity index (χ2n) is 3.55. The zero-order valence-electron chi connectivity index (χ0n) is 8.96. The summed E-state index contributed by atoms with van der Waals surface area (Å²) in [6.45, 7) is 0. The molecular weight excluding hydrogens is 218 g/mol. The van der Waals surface area contributed by atoms with Gasteiger partial charge in [-0.05, 0) is 35.9 Å². The molecule has 0 saturated carbocycles. The van der Waals surface area contributed by atoms with E-state index in [9.17, 15) is 10.1 Å². The molecule has 0 aliphatic rings. The number of nitrogens with one attached hydrogen (secondary N) is 1. The molecule has 0 amide bonds. The minimum absolute atomic E-state index is 0.0891. The maximum absolute atomic E-state index is 10.5. The summed E-state index contributed by atoms with van der Waals surface area (Å²) in [6.07, 6.45) is 3.71. The van der Waals surface area contributed by atoms with Crippen LogP contribution in [0.2, 0.25) is 0 Å². The van der Waals surface area contributed by atoms with Crippen molar-refractivity contribution in [3.8, 4) is 0 Å². The Balaban J connectivity index is 2.13. The molecule has 0 bridgehead atoms. The highest BCUT2D eigenvalue weighted by Crippen LogP contribution is 2.14. The van der Waals surface area contributed by atoms with E-state index in [0.29, 0.717) is 5.82 Å². The molecule has 1 aromatic carbocycles. The zero-order chi connectivity index (χ0) is 12.3. The molecule has 0 spiro atoms. The third-order valence-electron chi connectivity index (χ3n) is 2.29. The van der Waals surface area contributed by atoms with Crippen molar-refractivity contribution in [2.45, 2.75) is 0 Å². The van der Waals surface area contributed by atoms with Gasteiger partial charge >= 0.3 is 0 Å². The molecule has 3 N–H and O–H groups in total. The molecule has 1 aromatic heterocycles. The van der Waals surface area contributed by atoms with Crippen molar-refractivity contribution in [3.05, 3.63) is 57.8 Å². The van der Waals surface area contributed by atoms with Gasteiger partial charge in [-0.25, -0.2) is 0 Å². The van der Waals surface area contributed by atoms with Crippen LogP contribution < -0.4 is 5.73 Å². The Labute approximate surface area is 97.7 Å². The predicted octanol–water partition coefficient (Wildman–Crippen LogP) is 2.68. The van der Waals surface area contributed by atoms with Gasteiger partial charge in [0.05, 0.1) is 4.92 Å². The van der Waals surface area contributed by atoms with Crippen LogP contribution in [0, 0.1) is 10.1 Å². The lowest BCUT2D eigenvalue weighted by molar-refractivity contribution is -0.384. The zero-order valence-corrected chi connectivity index (χ0v) is 8.96. The summed E-state index contributed by atoms with van der Waals surface area (Å²) in [7, 11) is 0. The van der Waals surface area contributed by atoms with E-state index in [2.05, 4.69) is 4.98 Å². The highest BCUT2D eigenvalue weighted by Gasteiger charge is 2.02. The van der Waals surface area contributed by atoms with Crippen LogP contribution in [0.15, 0.2) is 36.4 Å². The molecule has 5 heteroatoms. The van der Waals surface area contributed by atoms with Crippen LogP contribution in [0.5, 0.6) is 0 Å². The van der Waals surface area contributed by atoms with Gasteiger partial charge in [-0.3, -0.25) is 10.1 Å². The van der Waals surface area contributed by atoms with Crippen LogP contribution in [0.3, 0.4) is 0 Å². The van der Waals surface area contributed by atoms with Crippen molar-refractivity contribution in [1.82, 2.24) is 4.98 Å². The lowest BCUT2D eigenvalue weighted by Gasteiger charge is -1.93. The molecule has 2 rings (SSSR count). The number of aromatic nitrogens is 1. The maximum atomic E-state index is 10.5. The number of non-ortho nitro benzene ring substituents is 1. The normalized spacial score (nSPS) is 10.8. The Hall–Kier alpha value is -2.56. The molecule has 0 radical (unpaired) electrons. The average molecular weight is 229 g/mol. The van der Waals surface area contributed by atoms with Gasteiger partial charge in [0, 0.05) is 17.8 Å². The Bertz CT molecular complexity index is 555. The van der Waals surface area contributed by atoms with Gasteiger partial charge in [-0.15, -0.1) is 0 Å². The molecule has 2 aromatic rings. The first-order valence-corrected chi connectivity index (χ1v) is 5.02. The van der Waals surface area contributed by atoms with Gasteiger partial charge in [0.15, 0.2) is 0 Å². The summed E-state index contributed by atoms with van der Waals surface area (Å²) >= 11 is 0. The van der Waals surface area contributed by atoms with Gasteiger partial charge in [0.25, 0.3) is 5.69 Å². The van der Waals surface area contributed by atoms with Crippen molar-refractivity contribution >= 4 is 23.7 Å². The lowest BCUT2D eigenvalue weighted by atomic mass is 10.2. The monoisotopic (exact) mass is 229 g/mol. The van der Waals surface area contributed by atoms with Gasteiger partial charge < -0.3 is 10.7 Å². The Morgan fingerprint density at radius 2 is 1.82 bits per heavy atom. The molecule has 0 aliphatic carbocycles. The molecule has 0 fully saturated rings. The number of nitro benzene ring substituents is 1. The van der Waals surface area contributed by atoms with E-state index in [1.54, 1.807) is 18.2 Å². The third-order valence-corrected chi connectivity index (χ3v) is 2.29. The van der Waals surface area contributed by atoms with Gasteiger partial charge in [-0.2, -0.15) is 0 Å². The molecule has 86 valence electrons. The molecule has 0 saturated heterocycles. The Kier molecular flexibility index (Phi) is 2.91. The number of rotatable bonds is 3. The highest BCUT2D eigenvalue weighted by atomic mass is 16.6. The second kappa shape index (κ2) is 4.52. The SMILES string of the molecule is Nc1ccc(/C=C/c2ccc([N+](=O)[O-])cc2)[nH]1. The van der Waals surface area contributed by atoms with E-state index in [1.165, 1.54) is 12.1 Å². The average Bonchev–Trinajstić information content (AvgIpc) is 2.73. The number of anilines is 1. The Morgan fingerprint density at radius 1 is 1.12 bits per heavy atom. The molecular formula is C12H11N3O2. The quantitative estimate of drug-likeness (QED) is 0.626. The van der Waals surface area contributed by atoms with Crippen LogP contribution in [0.25, 0.3) is 12.2 Å². The highest BCUT2D eigenvalue weighted by molar-refractivity contribution is 5.69. The number of hydrogen-bond acceptors (Lipinski definition) is 3. The summed E-state index contributed by atoms with van der Waals surface area (Å²) in [6, 6.07) is 9.97. The lowest BCUT2D eigenvalue weighted by Crippen LogP contribution is -1.86. The summed E-state index contributed by atoms with van der Waals surface area (Å²) in [4.78, 5) is 13.0. The first-order chi connectivity index (χ1) is 8.15. The maximum Gasteiger partial charge on any atom is 0.269 e. The summed E-state index contributed by atoms with van der Waals surface area (Å²) in [5.41, 5.74) is 7.41. The van der Waals surface area contributed by atoms with Gasteiger partial charge in [-0.1, -0.05) is 6.08 Å². The second-order valence-corrected chi connectivity index (χ2v) is 3.55. The smallest absolute Gasteiger partial charge is 0.269 e. The van der Waals surface area contributed by atoms with E-state index in [1.807, 2.05) is 18.2 Å². The number of hydrogen-bond donors (Lipinski definition) is 2. The topological polar surface area (TPSA) is 84.9 Å². The first-order valence-electron chi connectivity index (χ1n) is 5.02. The number of nitrogens with zero attached hydrogens (tertiary/aromatic N) is 1. The van der Waals surface area contributed by atoms with Crippen LogP contribution >= 0.6 is 0 Å². The van der Waals surface area contributed by atoms with Gasteiger partial charge in [0.2, 0.25) is 0 Å². The van der Waals surface area contributed by atoms with Crippen molar-refractivity contribution < 1.29 is 4.92 Å². The number of nitrogens with two attached hydrogens (primary N) is 1. The first kappa shape index (κ1) is 10.9. The van der Waals surface area contributed by atoms with E-state index >= 15 is 0 Å². The van der Waals surface area contributed by atoms with E-state index in [-0.39, 0.29) is 5.69 Å². The summed E-state index contributed by atoms with van der Waals surface area (Å²) in [5.74, 6) is 0.605. The molecule has 1 heterocycles. The van der Waals surface area contributed by atoms with Crippen LogP contribution in [0.4, 0.5) is 11.5 Å². The molecule has 0 aliphatic heterocycles. The van der Waals surface area contributed by atoms with E-state index < -0.39 is 4.92 Å². The van der Waals surface area contributed by atoms with E-state index in [0.717, 1.165) is 11.3 Å². The molecule has 5 nitrogen and oxygen atoms in total. The Morgan fingerprint density at radius 3 is 2.35 bits per heavy atom. The predicted molar refractivity (Wildman–Crippen MR) is 67.2 cm³/mol. The van der Waals surface area contributed by atoms with Crippen molar-refractivity contribution in [2.24, 2.45) is 0 Å². The summed E-state index contributed by atoms with van der Waals surface area (Å²) in [5, 5.41) is 10.5. The van der Waals surface area contributed by atoms with Crippen molar-refractivity contribution in [2.75, 3.05) is 5.73 Å². The standard InChI is InChI=1S/C12H11N3O2/c13-12-8-5-10(14-12)4-1-9-2-6-11(7-3-9)15(16)17/h1-8,14H,13H2/b4-1+. The fraction of sp³-hybridized carbons (Fsp3) is 0. The molecule has 17 heavy (non-hydrogen) atoms. The van der Waals surface area contributed by atoms with Crippen molar-refractivity contribution in [3.63, 3.8) is 0 Å². The molecule has 0 atom stereocenters. The fourth-order valence-corrected chi connectivity index (χ4v) is 1.42. The number of nitro groups is 1. The minimum atomic E-state index is -0.417. The molecule has 0 unspecified atom stereocenters.